The summed E-state index contributed by atoms with van der Waals surface area (Å²) >= 11 is 0. The Bertz CT molecular complexity index is 424. The molecule has 0 saturated carbocycles. The molecule has 0 aromatic rings. The van der Waals surface area contributed by atoms with Gasteiger partial charge in [-0.05, 0) is 26.7 Å². The first-order chi connectivity index (χ1) is 18.1. The van der Waals surface area contributed by atoms with Gasteiger partial charge in [-0.2, -0.15) is 0 Å². The zero-order valence-electron chi connectivity index (χ0n) is 24.0. The Hall–Kier alpha value is -0.400. The molecule has 10 nitrogen and oxygen atoms in total. The molecule has 0 spiro atoms. The van der Waals surface area contributed by atoms with Crippen LogP contribution in [0.25, 0.3) is 0 Å². The third-order valence-electron chi connectivity index (χ3n) is 5.12. The molecule has 0 heterocycles. The van der Waals surface area contributed by atoms with Crippen molar-refractivity contribution in [3.63, 3.8) is 0 Å². The Kier molecular flexibility index (Phi) is 29.8. The molecule has 0 aliphatic heterocycles. The van der Waals surface area contributed by atoms with Crippen molar-refractivity contribution in [2.75, 3.05) is 106 Å². The molecule has 0 amide bonds. The number of ether oxygens (including phenoxy) is 9. The Morgan fingerprint density at radius 2 is 0.811 bits per heavy atom. The largest absolute Gasteiger partial charge is 0.394 e. The van der Waals surface area contributed by atoms with Gasteiger partial charge in [-0.1, -0.05) is 26.7 Å². The molecule has 0 radical (unpaired) electrons. The summed E-state index contributed by atoms with van der Waals surface area (Å²) in [5, 5.41) is 8.69. The van der Waals surface area contributed by atoms with Crippen LogP contribution >= 0.6 is 0 Å². The van der Waals surface area contributed by atoms with Gasteiger partial charge in [0.25, 0.3) is 0 Å². The maximum atomic E-state index is 8.69. The standard InChI is InChI=1S/C27H56O10/c1-5-7-27(8-6-2)37-22-20-32-14-12-30-16-18-34-24-26(4)36-21-19-31-13-11-29-15-17-33-23-25(3)35-10-9-28/h25-28H,5-24H2,1-4H3. The first-order valence-corrected chi connectivity index (χ1v) is 14.1. The molecule has 0 saturated heterocycles. The quantitative estimate of drug-likeness (QED) is 0.132. The molecular weight excluding hydrogens is 484 g/mol. The van der Waals surface area contributed by atoms with E-state index in [4.69, 9.17) is 47.7 Å². The highest BCUT2D eigenvalue weighted by Gasteiger charge is 2.06. The second-order valence-corrected chi connectivity index (χ2v) is 8.76. The predicted molar refractivity (Wildman–Crippen MR) is 142 cm³/mol. The smallest absolute Gasteiger partial charge is 0.0781 e. The third kappa shape index (κ3) is 28.4. The van der Waals surface area contributed by atoms with Crippen LogP contribution in [0.3, 0.4) is 0 Å². The van der Waals surface area contributed by atoms with Crippen molar-refractivity contribution in [2.24, 2.45) is 0 Å². The summed E-state index contributed by atoms with van der Waals surface area (Å²) in [5.41, 5.74) is 0. The fourth-order valence-corrected chi connectivity index (χ4v) is 3.27. The molecule has 1 N–H and O–H groups in total. The number of hydrogen-bond donors (Lipinski definition) is 1. The minimum absolute atomic E-state index is 0.00618. The molecule has 0 fully saturated rings. The fourth-order valence-electron chi connectivity index (χ4n) is 3.27. The summed E-state index contributed by atoms with van der Waals surface area (Å²) in [4.78, 5) is 0. The molecular formula is C27H56O10. The first kappa shape index (κ1) is 36.6. The SMILES string of the molecule is CCCC(CCC)OCCOCCOCCOCC(C)OCCOCCOCCOCC(C)OCCO. The first-order valence-electron chi connectivity index (χ1n) is 14.1. The lowest BCUT2D eigenvalue weighted by Gasteiger charge is -2.16. The van der Waals surface area contributed by atoms with E-state index >= 15 is 0 Å². The van der Waals surface area contributed by atoms with Gasteiger partial charge < -0.3 is 47.7 Å². The van der Waals surface area contributed by atoms with E-state index in [0.29, 0.717) is 105 Å². The van der Waals surface area contributed by atoms with Crippen LogP contribution in [0, 0.1) is 0 Å². The van der Waals surface area contributed by atoms with E-state index in [9.17, 15) is 0 Å². The average Bonchev–Trinajstić information content (AvgIpc) is 2.89. The number of aliphatic hydroxyl groups excluding tert-OH is 1. The van der Waals surface area contributed by atoms with Crippen LogP contribution in [0.2, 0.25) is 0 Å². The van der Waals surface area contributed by atoms with Gasteiger partial charge in [0, 0.05) is 0 Å². The van der Waals surface area contributed by atoms with Gasteiger partial charge in [0.15, 0.2) is 0 Å². The molecule has 37 heavy (non-hydrogen) atoms. The van der Waals surface area contributed by atoms with Crippen molar-refractivity contribution in [3.05, 3.63) is 0 Å². The van der Waals surface area contributed by atoms with Crippen LogP contribution < -0.4 is 0 Å². The summed E-state index contributed by atoms with van der Waals surface area (Å²) in [7, 11) is 0. The molecule has 0 aromatic carbocycles. The van der Waals surface area contributed by atoms with Gasteiger partial charge in [-0.25, -0.2) is 0 Å². The van der Waals surface area contributed by atoms with Gasteiger partial charge in [0.1, 0.15) is 0 Å². The van der Waals surface area contributed by atoms with Crippen molar-refractivity contribution >= 4 is 0 Å². The minimum Gasteiger partial charge on any atom is -0.394 e. The number of rotatable bonds is 31. The van der Waals surface area contributed by atoms with Crippen LogP contribution in [0.1, 0.15) is 53.4 Å². The van der Waals surface area contributed by atoms with E-state index in [0.717, 1.165) is 25.7 Å². The van der Waals surface area contributed by atoms with Crippen LogP contribution in [-0.2, 0) is 42.6 Å². The topological polar surface area (TPSA) is 103 Å². The van der Waals surface area contributed by atoms with E-state index < -0.39 is 0 Å². The lowest BCUT2D eigenvalue weighted by molar-refractivity contribution is -0.0534. The Morgan fingerprint density at radius 3 is 1.22 bits per heavy atom. The zero-order valence-corrected chi connectivity index (χ0v) is 24.0. The van der Waals surface area contributed by atoms with Gasteiger partial charge in [-0.3, -0.25) is 0 Å². The normalized spacial score (nSPS) is 13.5. The maximum absolute atomic E-state index is 8.69. The Labute approximate surface area is 225 Å². The van der Waals surface area contributed by atoms with Gasteiger partial charge >= 0.3 is 0 Å². The average molecular weight is 541 g/mol. The predicted octanol–water partition coefficient (Wildman–Crippen LogP) is 2.87. The minimum atomic E-state index is -0.0358. The molecule has 224 valence electrons. The molecule has 0 aromatic heterocycles. The lowest BCUT2D eigenvalue weighted by atomic mass is 10.1. The molecule has 2 atom stereocenters. The summed E-state index contributed by atoms with van der Waals surface area (Å²) in [5.74, 6) is 0. The Morgan fingerprint density at radius 1 is 0.459 bits per heavy atom. The highest BCUT2D eigenvalue weighted by molar-refractivity contribution is 4.56. The van der Waals surface area contributed by atoms with Crippen molar-refractivity contribution in [1.82, 2.24) is 0 Å². The monoisotopic (exact) mass is 540 g/mol. The molecule has 2 unspecified atom stereocenters. The molecule has 0 aliphatic carbocycles. The van der Waals surface area contributed by atoms with Gasteiger partial charge in [-0.15, -0.1) is 0 Å². The van der Waals surface area contributed by atoms with E-state index in [2.05, 4.69) is 13.8 Å². The van der Waals surface area contributed by atoms with Crippen molar-refractivity contribution in [1.29, 1.82) is 0 Å². The fraction of sp³-hybridized carbons (Fsp3) is 1.00. The summed E-state index contributed by atoms with van der Waals surface area (Å²) in [6.07, 6.45) is 4.86. The van der Waals surface area contributed by atoms with E-state index in [1.165, 1.54) is 0 Å². The van der Waals surface area contributed by atoms with E-state index in [1.54, 1.807) is 0 Å². The van der Waals surface area contributed by atoms with Crippen LogP contribution in [-0.4, -0.2) is 129 Å². The van der Waals surface area contributed by atoms with E-state index in [1.807, 2.05) is 13.8 Å². The van der Waals surface area contributed by atoms with Crippen LogP contribution in [0.5, 0.6) is 0 Å². The molecule has 0 bridgehead atoms. The molecule has 10 heteroatoms. The molecule has 0 aliphatic rings. The molecule has 0 rings (SSSR count). The highest BCUT2D eigenvalue weighted by atomic mass is 16.6. The highest BCUT2D eigenvalue weighted by Crippen LogP contribution is 2.08. The summed E-state index contributed by atoms with van der Waals surface area (Å²) in [6, 6.07) is 0. The van der Waals surface area contributed by atoms with Gasteiger partial charge in [0.05, 0.1) is 124 Å². The maximum Gasteiger partial charge on any atom is 0.0781 e. The third-order valence-corrected chi connectivity index (χ3v) is 5.12. The number of hydrogen-bond acceptors (Lipinski definition) is 10. The second-order valence-electron chi connectivity index (χ2n) is 8.76. The van der Waals surface area contributed by atoms with Crippen molar-refractivity contribution < 1.29 is 47.7 Å². The lowest BCUT2D eigenvalue weighted by Crippen LogP contribution is -2.21. The van der Waals surface area contributed by atoms with Crippen molar-refractivity contribution in [2.45, 2.75) is 71.7 Å². The second kappa shape index (κ2) is 30.1. The van der Waals surface area contributed by atoms with Crippen LogP contribution in [0.15, 0.2) is 0 Å². The van der Waals surface area contributed by atoms with Crippen molar-refractivity contribution in [3.8, 4) is 0 Å². The zero-order chi connectivity index (χ0) is 27.2. The summed E-state index contributed by atoms with van der Waals surface area (Å²) < 4.78 is 49.9. The number of aliphatic hydroxyl groups is 1. The summed E-state index contributed by atoms with van der Waals surface area (Å²) in [6.45, 7) is 16.1. The van der Waals surface area contributed by atoms with E-state index in [-0.39, 0.29) is 18.8 Å². The van der Waals surface area contributed by atoms with Gasteiger partial charge in [0.2, 0.25) is 0 Å². The Balaban J connectivity index is 3.28. The van der Waals surface area contributed by atoms with Crippen LogP contribution in [0.4, 0.5) is 0 Å².